The van der Waals surface area contributed by atoms with E-state index in [4.69, 9.17) is 16.6 Å². The Labute approximate surface area is 108 Å². The van der Waals surface area contributed by atoms with E-state index in [1.807, 2.05) is 0 Å². The number of benzene rings is 1. The zero-order chi connectivity index (χ0) is 14.0. The van der Waals surface area contributed by atoms with E-state index in [9.17, 15) is 8.42 Å². The number of nitrogen functional groups attached to an aromatic ring is 2. The minimum Gasteiger partial charge on any atom is -0.382 e. The molecular weight excluding hydrogens is 270 g/mol. The van der Waals surface area contributed by atoms with Crippen LogP contribution in [0.3, 0.4) is 0 Å². The normalized spacial score (nSPS) is 12.1. The molecule has 0 atom stereocenters. The van der Waals surface area contributed by atoms with Crippen LogP contribution in [0.1, 0.15) is 0 Å². The Morgan fingerprint density at radius 2 is 1.74 bits per heavy atom. The van der Waals surface area contributed by atoms with E-state index in [0.29, 0.717) is 5.69 Å². The second kappa shape index (κ2) is 4.66. The van der Waals surface area contributed by atoms with E-state index in [2.05, 4.69) is 20.4 Å². The fourth-order valence-corrected chi connectivity index (χ4v) is 1.80. The monoisotopic (exact) mass is 281 g/mol. The lowest BCUT2D eigenvalue weighted by atomic mass is 10.3. The largest absolute Gasteiger partial charge is 0.382 e. The minimum absolute atomic E-state index is 0.00575. The highest BCUT2D eigenvalue weighted by molar-refractivity contribution is 7.89. The molecule has 0 bridgehead atoms. The fourth-order valence-electron chi connectivity index (χ4n) is 1.28. The van der Waals surface area contributed by atoms with Gasteiger partial charge in [-0.15, -0.1) is 5.11 Å². The Morgan fingerprint density at radius 1 is 1.11 bits per heavy atom. The van der Waals surface area contributed by atoms with E-state index in [-0.39, 0.29) is 22.2 Å². The van der Waals surface area contributed by atoms with Crippen molar-refractivity contribution in [3.05, 3.63) is 24.3 Å². The maximum atomic E-state index is 11.1. The summed E-state index contributed by atoms with van der Waals surface area (Å²) < 4.78 is 22.1. The molecule has 0 fully saturated rings. The predicted molar refractivity (Wildman–Crippen MR) is 69.4 cm³/mol. The van der Waals surface area contributed by atoms with Crippen LogP contribution >= 0.6 is 0 Å². The molecule has 10 heteroatoms. The number of sulfonamides is 1. The number of hydrogen-bond donors (Lipinski definition) is 4. The number of aromatic amines is 1. The maximum absolute atomic E-state index is 11.1. The Morgan fingerprint density at radius 3 is 2.21 bits per heavy atom. The van der Waals surface area contributed by atoms with E-state index in [1.165, 1.54) is 24.3 Å². The molecule has 0 saturated carbocycles. The first kappa shape index (κ1) is 13.0. The number of rotatable bonds is 3. The van der Waals surface area contributed by atoms with Crippen LogP contribution in [-0.2, 0) is 10.0 Å². The van der Waals surface area contributed by atoms with Crippen molar-refractivity contribution in [3.63, 3.8) is 0 Å². The number of anilines is 2. The van der Waals surface area contributed by atoms with Gasteiger partial charge in [-0.1, -0.05) is 0 Å². The zero-order valence-corrected chi connectivity index (χ0v) is 10.4. The number of H-pyrrole nitrogens is 1. The molecule has 0 aliphatic heterocycles. The molecule has 100 valence electrons. The Kier molecular flexibility index (Phi) is 3.19. The van der Waals surface area contributed by atoms with Crippen molar-refractivity contribution in [1.29, 1.82) is 0 Å². The summed E-state index contributed by atoms with van der Waals surface area (Å²) in [6.07, 6.45) is 0. The first-order chi connectivity index (χ1) is 8.88. The van der Waals surface area contributed by atoms with Crippen LogP contribution in [0, 0.1) is 0 Å². The number of nitrogens with two attached hydrogens (primary N) is 3. The SMILES string of the molecule is Nc1n[nH]c(N)c1N=Nc1ccc(S(N)(=O)=O)cc1. The summed E-state index contributed by atoms with van der Waals surface area (Å²) in [6, 6.07) is 5.56. The van der Waals surface area contributed by atoms with Gasteiger partial charge in [0.2, 0.25) is 10.0 Å². The average Bonchev–Trinajstić information content (AvgIpc) is 2.66. The first-order valence-electron chi connectivity index (χ1n) is 5.02. The summed E-state index contributed by atoms with van der Waals surface area (Å²) in [6.45, 7) is 0. The van der Waals surface area contributed by atoms with Crippen LogP contribution in [0.5, 0.6) is 0 Å². The summed E-state index contributed by atoms with van der Waals surface area (Å²) in [5.74, 6) is 0.324. The van der Waals surface area contributed by atoms with Gasteiger partial charge >= 0.3 is 0 Å². The number of azo groups is 1. The molecule has 0 aliphatic carbocycles. The highest BCUT2D eigenvalue weighted by Gasteiger charge is 2.08. The van der Waals surface area contributed by atoms with Crippen molar-refractivity contribution in [1.82, 2.24) is 10.2 Å². The standard InChI is InChI=1S/C9H11N7O2S/c10-8-7(9(11)16-15-8)14-13-5-1-3-6(4-2-5)19(12,17)18/h1-4H,(H2,12,17,18)(H5,10,11,15,16). The van der Waals surface area contributed by atoms with Gasteiger partial charge in [0.05, 0.1) is 10.6 Å². The van der Waals surface area contributed by atoms with E-state index in [1.54, 1.807) is 0 Å². The Balaban J connectivity index is 2.25. The molecule has 2 aromatic rings. The third-order valence-electron chi connectivity index (χ3n) is 2.23. The van der Waals surface area contributed by atoms with Crippen LogP contribution in [-0.4, -0.2) is 18.6 Å². The van der Waals surface area contributed by atoms with Crippen LogP contribution in [0.25, 0.3) is 0 Å². The molecule has 0 amide bonds. The van der Waals surface area contributed by atoms with Crippen molar-refractivity contribution in [3.8, 4) is 0 Å². The molecule has 1 heterocycles. The van der Waals surface area contributed by atoms with Crippen molar-refractivity contribution in [2.24, 2.45) is 15.4 Å². The van der Waals surface area contributed by atoms with Gasteiger partial charge in [0, 0.05) is 0 Å². The molecule has 1 aromatic heterocycles. The molecule has 0 saturated heterocycles. The number of nitrogens with zero attached hydrogens (tertiary/aromatic N) is 3. The fraction of sp³-hybridized carbons (Fsp3) is 0. The second-order valence-electron chi connectivity index (χ2n) is 3.61. The summed E-state index contributed by atoms with van der Waals surface area (Å²) >= 11 is 0. The second-order valence-corrected chi connectivity index (χ2v) is 5.17. The van der Waals surface area contributed by atoms with Crippen molar-refractivity contribution >= 4 is 33.0 Å². The van der Waals surface area contributed by atoms with E-state index in [0.717, 1.165) is 0 Å². The Hall–Kier alpha value is -2.46. The van der Waals surface area contributed by atoms with Gasteiger partial charge in [-0.25, -0.2) is 13.6 Å². The number of aromatic nitrogens is 2. The number of primary sulfonamides is 1. The maximum Gasteiger partial charge on any atom is 0.238 e. The number of nitrogens with one attached hydrogen (secondary N) is 1. The third-order valence-corrected chi connectivity index (χ3v) is 3.15. The Bertz CT molecular complexity index is 698. The summed E-state index contributed by atoms with van der Waals surface area (Å²) in [5.41, 5.74) is 11.7. The summed E-state index contributed by atoms with van der Waals surface area (Å²) in [4.78, 5) is -0.00575. The highest BCUT2D eigenvalue weighted by atomic mass is 32.2. The molecule has 9 nitrogen and oxygen atoms in total. The molecule has 0 aliphatic rings. The van der Waals surface area contributed by atoms with Crippen LogP contribution in [0.4, 0.5) is 23.0 Å². The lowest BCUT2D eigenvalue weighted by molar-refractivity contribution is 0.598. The molecule has 0 spiro atoms. The smallest absolute Gasteiger partial charge is 0.238 e. The van der Waals surface area contributed by atoms with Crippen molar-refractivity contribution in [2.45, 2.75) is 4.90 Å². The summed E-state index contributed by atoms with van der Waals surface area (Å²) in [7, 11) is -3.72. The van der Waals surface area contributed by atoms with Gasteiger partial charge in [-0.3, -0.25) is 5.10 Å². The highest BCUT2D eigenvalue weighted by Crippen LogP contribution is 2.28. The summed E-state index contributed by atoms with van der Waals surface area (Å²) in [5, 5.41) is 18.8. The first-order valence-corrected chi connectivity index (χ1v) is 6.56. The van der Waals surface area contributed by atoms with Gasteiger partial charge in [-0.2, -0.15) is 10.2 Å². The quantitative estimate of drug-likeness (QED) is 0.605. The van der Waals surface area contributed by atoms with Crippen LogP contribution in [0.2, 0.25) is 0 Å². The average molecular weight is 281 g/mol. The number of hydrogen-bond acceptors (Lipinski definition) is 7. The van der Waals surface area contributed by atoms with Gasteiger partial charge in [-0.05, 0) is 24.3 Å². The van der Waals surface area contributed by atoms with Crippen molar-refractivity contribution in [2.75, 3.05) is 11.5 Å². The van der Waals surface area contributed by atoms with E-state index < -0.39 is 10.0 Å². The van der Waals surface area contributed by atoms with Crippen LogP contribution < -0.4 is 16.6 Å². The molecule has 1 aromatic carbocycles. The van der Waals surface area contributed by atoms with Gasteiger partial charge in [0.1, 0.15) is 5.82 Å². The van der Waals surface area contributed by atoms with Gasteiger partial charge < -0.3 is 11.5 Å². The topological polar surface area (TPSA) is 166 Å². The molecular formula is C9H11N7O2S. The predicted octanol–water partition coefficient (Wildman–Crippen LogP) is 0.637. The van der Waals surface area contributed by atoms with E-state index >= 15 is 0 Å². The molecule has 7 N–H and O–H groups in total. The molecule has 0 unspecified atom stereocenters. The van der Waals surface area contributed by atoms with Gasteiger partial charge in [0.15, 0.2) is 11.5 Å². The minimum atomic E-state index is -3.72. The van der Waals surface area contributed by atoms with Crippen molar-refractivity contribution < 1.29 is 8.42 Å². The van der Waals surface area contributed by atoms with Gasteiger partial charge in [0.25, 0.3) is 0 Å². The molecule has 0 radical (unpaired) electrons. The lowest BCUT2D eigenvalue weighted by Crippen LogP contribution is -2.11. The van der Waals surface area contributed by atoms with Crippen LogP contribution in [0.15, 0.2) is 39.4 Å². The molecule has 19 heavy (non-hydrogen) atoms. The molecule has 2 rings (SSSR count). The zero-order valence-electron chi connectivity index (χ0n) is 9.61. The third kappa shape index (κ3) is 2.86. The lowest BCUT2D eigenvalue weighted by Gasteiger charge is -1.97.